The Balaban J connectivity index is 1.28. The molecule has 0 N–H and O–H groups in total. The zero-order valence-electron chi connectivity index (χ0n) is 17.3. The molecule has 0 aliphatic carbocycles. The molecule has 29 heavy (non-hydrogen) atoms. The second kappa shape index (κ2) is 9.44. The largest absolute Gasteiger partial charge is 0.484 e. The molecule has 1 aromatic carbocycles. The maximum absolute atomic E-state index is 12.5. The molecule has 156 valence electrons. The van der Waals surface area contributed by atoms with Crippen LogP contribution >= 0.6 is 0 Å². The summed E-state index contributed by atoms with van der Waals surface area (Å²) in [4.78, 5) is 19.2. The Morgan fingerprint density at radius 1 is 1.14 bits per heavy atom. The highest BCUT2D eigenvalue weighted by Crippen LogP contribution is 2.29. The van der Waals surface area contributed by atoms with Gasteiger partial charge in [0.15, 0.2) is 6.61 Å². The van der Waals surface area contributed by atoms with Crippen molar-refractivity contribution in [3.05, 3.63) is 48.0 Å². The van der Waals surface area contributed by atoms with Crippen LogP contribution in [-0.2, 0) is 16.1 Å². The predicted octanol–water partition coefficient (Wildman–Crippen LogP) is 3.40. The van der Waals surface area contributed by atoms with Crippen LogP contribution in [-0.4, -0.2) is 53.3 Å². The van der Waals surface area contributed by atoms with Gasteiger partial charge in [0.05, 0.1) is 0 Å². The van der Waals surface area contributed by atoms with Crippen LogP contribution < -0.4 is 4.74 Å². The standard InChI is InChI=1S/C23H31N3O3/c1-18-15-24-23(20-9-13-28-14-10-20)26(18)16-19-7-11-25(12-8-19)22(27)17-29-21-5-3-2-4-6-21/h2-6,15,19-20H,7-14,16-17H2,1H3. The molecule has 0 saturated carbocycles. The van der Waals surface area contributed by atoms with Gasteiger partial charge in [0.2, 0.25) is 0 Å². The third-order valence-corrected chi connectivity index (χ3v) is 6.19. The van der Waals surface area contributed by atoms with E-state index < -0.39 is 0 Å². The number of ether oxygens (including phenoxy) is 2. The Labute approximate surface area is 172 Å². The van der Waals surface area contributed by atoms with Gasteiger partial charge in [0.25, 0.3) is 5.91 Å². The molecule has 2 saturated heterocycles. The smallest absolute Gasteiger partial charge is 0.260 e. The van der Waals surface area contributed by atoms with Crippen molar-refractivity contribution in [3.63, 3.8) is 0 Å². The van der Waals surface area contributed by atoms with Gasteiger partial charge < -0.3 is 18.9 Å². The SMILES string of the molecule is Cc1cnc(C2CCOCC2)n1CC1CCN(C(=O)COc2ccccc2)CC1. The second-order valence-electron chi connectivity index (χ2n) is 8.18. The van der Waals surface area contributed by atoms with Crippen molar-refractivity contribution in [3.8, 4) is 5.75 Å². The molecule has 1 aromatic heterocycles. The van der Waals surface area contributed by atoms with E-state index in [0.717, 1.165) is 64.3 Å². The summed E-state index contributed by atoms with van der Waals surface area (Å²) in [5, 5.41) is 0. The number of amides is 1. The molecule has 1 amide bonds. The molecule has 2 aliphatic heterocycles. The van der Waals surface area contributed by atoms with Gasteiger partial charge >= 0.3 is 0 Å². The summed E-state index contributed by atoms with van der Waals surface area (Å²) in [7, 11) is 0. The van der Waals surface area contributed by atoms with Gasteiger partial charge in [0.1, 0.15) is 11.6 Å². The Bertz CT molecular complexity index is 791. The Morgan fingerprint density at radius 3 is 2.59 bits per heavy atom. The average molecular weight is 398 g/mol. The summed E-state index contributed by atoms with van der Waals surface area (Å²) in [5.41, 5.74) is 1.24. The molecule has 0 radical (unpaired) electrons. The molecular weight excluding hydrogens is 366 g/mol. The third-order valence-electron chi connectivity index (χ3n) is 6.19. The second-order valence-corrected chi connectivity index (χ2v) is 8.18. The van der Waals surface area contributed by atoms with Gasteiger partial charge in [-0.25, -0.2) is 4.98 Å². The monoisotopic (exact) mass is 397 g/mol. The van der Waals surface area contributed by atoms with Crippen LogP contribution in [0.4, 0.5) is 0 Å². The first-order valence-electron chi connectivity index (χ1n) is 10.8. The minimum atomic E-state index is 0.0778. The lowest BCUT2D eigenvalue weighted by molar-refractivity contribution is -0.134. The first-order valence-corrected chi connectivity index (χ1v) is 10.8. The third kappa shape index (κ3) is 4.99. The first kappa shape index (κ1) is 20.0. The topological polar surface area (TPSA) is 56.6 Å². The number of carbonyl (C=O) groups is 1. The van der Waals surface area contributed by atoms with Gasteiger partial charge in [-0.05, 0) is 50.7 Å². The van der Waals surface area contributed by atoms with Crippen LogP contribution in [0.5, 0.6) is 5.75 Å². The highest BCUT2D eigenvalue weighted by Gasteiger charge is 2.26. The lowest BCUT2D eigenvalue weighted by Crippen LogP contribution is -2.41. The fourth-order valence-corrected chi connectivity index (χ4v) is 4.37. The fourth-order valence-electron chi connectivity index (χ4n) is 4.37. The highest BCUT2D eigenvalue weighted by atomic mass is 16.5. The van der Waals surface area contributed by atoms with Crippen LogP contribution in [0.15, 0.2) is 36.5 Å². The van der Waals surface area contributed by atoms with E-state index in [-0.39, 0.29) is 12.5 Å². The van der Waals surface area contributed by atoms with Crippen LogP contribution in [0.3, 0.4) is 0 Å². The molecule has 0 atom stereocenters. The summed E-state index contributed by atoms with van der Waals surface area (Å²) in [5.74, 6) is 3.14. The van der Waals surface area contributed by atoms with Crippen molar-refractivity contribution in [1.82, 2.24) is 14.5 Å². The Hall–Kier alpha value is -2.34. The molecule has 2 aliphatic rings. The molecule has 0 unspecified atom stereocenters. The van der Waals surface area contributed by atoms with E-state index in [4.69, 9.17) is 14.5 Å². The number of carbonyl (C=O) groups excluding carboxylic acids is 1. The van der Waals surface area contributed by atoms with Crippen LogP contribution in [0.1, 0.15) is 43.1 Å². The van der Waals surface area contributed by atoms with Crippen LogP contribution in [0.25, 0.3) is 0 Å². The van der Waals surface area contributed by atoms with Crippen molar-refractivity contribution in [2.75, 3.05) is 32.9 Å². The molecule has 6 heteroatoms. The molecular formula is C23H31N3O3. The van der Waals surface area contributed by atoms with Crippen molar-refractivity contribution in [2.24, 2.45) is 5.92 Å². The number of para-hydroxylation sites is 1. The van der Waals surface area contributed by atoms with Gasteiger partial charge in [-0.2, -0.15) is 0 Å². The Morgan fingerprint density at radius 2 is 1.86 bits per heavy atom. The summed E-state index contributed by atoms with van der Waals surface area (Å²) in [6.07, 6.45) is 6.18. The fraction of sp³-hybridized carbons (Fsp3) is 0.565. The lowest BCUT2D eigenvalue weighted by Gasteiger charge is -2.33. The van der Waals surface area contributed by atoms with E-state index in [2.05, 4.69) is 11.5 Å². The van der Waals surface area contributed by atoms with Crippen molar-refractivity contribution >= 4 is 5.91 Å². The van der Waals surface area contributed by atoms with Gasteiger partial charge in [-0.3, -0.25) is 4.79 Å². The molecule has 4 rings (SSSR count). The number of piperidine rings is 1. The number of rotatable bonds is 6. The molecule has 0 spiro atoms. The van der Waals surface area contributed by atoms with E-state index in [1.165, 1.54) is 11.5 Å². The van der Waals surface area contributed by atoms with E-state index in [9.17, 15) is 4.79 Å². The quantitative estimate of drug-likeness (QED) is 0.750. The van der Waals surface area contributed by atoms with Gasteiger partial charge in [-0.15, -0.1) is 0 Å². The zero-order chi connectivity index (χ0) is 20.1. The summed E-state index contributed by atoms with van der Waals surface area (Å²) in [6, 6.07) is 9.52. The highest BCUT2D eigenvalue weighted by molar-refractivity contribution is 5.77. The summed E-state index contributed by atoms with van der Waals surface area (Å²) >= 11 is 0. The number of benzene rings is 1. The van der Waals surface area contributed by atoms with E-state index in [1.807, 2.05) is 41.4 Å². The van der Waals surface area contributed by atoms with Gasteiger partial charge in [0, 0.05) is 50.7 Å². The van der Waals surface area contributed by atoms with Crippen LogP contribution in [0.2, 0.25) is 0 Å². The van der Waals surface area contributed by atoms with E-state index >= 15 is 0 Å². The lowest BCUT2D eigenvalue weighted by atomic mass is 9.95. The maximum Gasteiger partial charge on any atom is 0.260 e. The van der Waals surface area contributed by atoms with Crippen molar-refractivity contribution in [2.45, 2.75) is 45.1 Å². The minimum Gasteiger partial charge on any atom is -0.484 e. The number of likely N-dealkylation sites (tertiary alicyclic amines) is 1. The van der Waals surface area contributed by atoms with Gasteiger partial charge in [-0.1, -0.05) is 18.2 Å². The Kier molecular flexibility index (Phi) is 6.49. The number of hydrogen-bond donors (Lipinski definition) is 0. The number of hydrogen-bond acceptors (Lipinski definition) is 4. The number of imidazole rings is 1. The minimum absolute atomic E-state index is 0.0778. The molecule has 0 bridgehead atoms. The average Bonchev–Trinajstić information content (AvgIpc) is 3.14. The first-order chi connectivity index (χ1) is 14.2. The zero-order valence-corrected chi connectivity index (χ0v) is 17.3. The normalized spacial score (nSPS) is 18.7. The van der Waals surface area contributed by atoms with Crippen molar-refractivity contribution in [1.29, 1.82) is 0 Å². The van der Waals surface area contributed by atoms with Crippen molar-refractivity contribution < 1.29 is 14.3 Å². The summed E-state index contributed by atoms with van der Waals surface area (Å²) in [6.45, 7) is 6.55. The van der Waals surface area contributed by atoms with Crippen LogP contribution in [0, 0.1) is 12.8 Å². The maximum atomic E-state index is 12.5. The molecule has 2 aromatic rings. The predicted molar refractivity (Wildman–Crippen MR) is 111 cm³/mol. The number of aryl methyl sites for hydroxylation is 1. The molecule has 6 nitrogen and oxygen atoms in total. The number of nitrogens with zero attached hydrogens (tertiary/aromatic N) is 3. The summed E-state index contributed by atoms with van der Waals surface area (Å²) < 4.78 is 13.5. The van der Waals surface area contributed by atoms with E-state index in [0.29, 0.717) is 11.8 Å². The molecule has 3 heterocycles. The molecule has 2 fully saturated rings. The van der Waals surface area contributed by atoms with E-state index in [1.54, 1.807) is 0 Å². The number of aromatic nitrogens is 2.